The summed E-state index contributed by atoms with van der Waals surface area (Å²) in [6.07, 6.45) is 8.78. The number of methoxy groups -OCH3 is 1. The van der Waals surface area contributed by atoms with E-state index in [4.69, 9.17) is 4.74 Å². The van der Waals surface area contributed by atoms with Crippen LogP contribution in [0.2, 0.25) is 0 Å². The van der Waals surface area contributed by atoms with E-state index in [1.807, 2.05) is 6.20 Å². The Morgan fingerprint density at radius 1 is 1.40 bits per heavy atom. The highest BCUT2D eigenvalue weighted by molar-refractivity contribution is 5.90. The van der Waals surface area contributed by atoms with Crippen molar-refractivity contribution in [2.75, 3.05) is 7.11 Å². The van der Waals surface area contributed by atoms with Crippen LogP contribution in [0.3, 0.4) is 0 Å². The summed E-state index contributed by atoms with van der Waals surface area (Å²) in [7, 11) is 1.42. The number of aromatic amines is 1. The molecule has 0 aromatic carbocycles. The zero-order valence-corrected chi connectivity index (χ0v) is 8.62. The average molecular weight is 203 g/mol. The first-order valence-electron chi connectivity index (χ1n) is 5.29. The molecule has 3 aliphatic carbocycles. The van der Waals surface area contributed by atoms with Crippen molar-refractivity contribution in [2.24, 2.45) is 0 Å². The molecule has 1 aromatic rings. The number of aromatic nitrogens is 1. The number of allylic oxidation sites excluding steroid dienone is 2. The van der Waals surface area contributed by atoms with Crippen molar-refractivity contribution in [2.45, 2.75) is 24.7 Å². The van der Waals surface area contributed by atoms with Gasteiger partial charge in [0.05, 0.1) is 7.11 Å². The number of H-pyrrole nitrogens is 1. The van der Waals surface area contributed by atoms with Gasteiger partial charge < -0.3 is 9.72 Å². The maximum Gasteiger partial charge on any atom is 0.354 e. The average Bonchev–Trinajstić information content (AvgIpc) is 2.76. The summed E-state index contributed by atoms with van der Waals surface area (Å²) in [5.74, 6) is 0.655. The Morgan fingerprint density at radius 2 is 2.13 bits per heavy atom. The molecule has 1 aromatic heterocycles. The number of hydrogen-bond donors (Lipinski definition) is 1. The first-order valence-corrected chi connectivity index (χ1v) is 5.29. The van der Waals surface area contributed by atoms with Crippen LogP contribution in [0.1, 0.15) is 46.3 Å². The van der Waals surface area contributed by atoms with Gasteiger partial charge in [0.25, 0.3) is 0 Å². The van der Waals surface area contributed by atoms with Crippen molar-refractivity contribution in [1.29, 1.82) is 0 Å². The Balaban J connectivity index is 2.13. The minimum absolute atomic E-state index is 0.253. The van der Waals surface area contributed by atoms with Crippen LogP contribution in [0.4, 0.5) is 0 Å². The van der Waals surface area contributed by atoms with Crippen LogP contribution in [0, 0.1) is 0 Å². The zero-order chi connectivity index (χ0) is 10.4. The van der Waals surface area contributed by atoms with E-state index in [0.717, 1.165) is 6.42 Å². The van der Waals surface area contributed by atoms with Crippen LogP contribution in [-0.4, -0.2) is 18.1 Å². The van der Waals surface area contributed by atoms with Crippen LogP contribution < -0.4 is 0 Å². The molecule has 0 saturated heterocycles. The van der Waals surface area contributed by atoms with Crippen molar-refractivity contribution in [3.63, 3.8) is 0 Å². The first-order chi connectivity index (χ1) is 7.31. The summed E-state index contributed by atoms with van der Waals surface area (Å²) in [6, 6.07) is 0. The molecule has 4 rings (SSSR count). The van der Waals surface area contributed by atoms with Crippen LogP contribution >= 0.6 is 0 Å². The molecule has 0 aliphatic heterocycles. The number of ether oxygens (including phenoxy) is 1. The van der Waals surface area contributed by atoms with Crippen molar-refractivity contribution in [1.82, 2.24) is 4.98 Å². The van der Waals surface area contributed by atoms with Gasteiger partial charge in [-0.2, -0.15) is 0 Å². The summed E-state index contributed by atoms with van der Waals surface area (Å²) in [6.45, 7) is 0. The van der Waals surface area contributed by atoms with E-state index in [0.29, 0.717) is 17.5 Å². The van der Waals surface area contributed by atoms with Crippen LogP contribution in [0.5, 0.6) is 0 Å². The number of carbonyl (C=O) groups excluding carboxylic acids is 1. The Morgan fingerprint density at radius 3 is 2.80 bits per heavy atom. The van der Waals surface area contributed by atoms with Crippen molar-refractivity contribution < 1.29 is 9.53 Å². The molecular formula is C12H13NO2. The van der Waals surface area contributed by atoms with Gasteiger partial charge in [0, 0.05) is 18.0 Å². The lowest BCUT2D eigenvalue weighted by molar-refractivity contribution is 0.0593. The second-order valence-electron chi connectivity index (χ2n) is 4.20. The molecule has 1 N–H and O–H groups in total. The highest BCUT2D eigenvalue weighted by Crippen LogP contribution is 2.46. The van der Waals surface area contributed by atoms with Gasteiger partial charge in [-0.1, -0.05) is 12.2 Å². The van der Waals surface area contributed by atoms with E-state index < -0.39 is 0 Å². The third kappa shape index (κ3) is 1.09. The quantitative estimate of drug-likeness (QED) is 0.562. The molecule has 15 heavy (non-hydrogen) atoms. The molecule has 0 amide bonds. The predicted octanol–water partition coefficient (Wildman–Crippen LogP) is 2.33. The molecule has 0 saturated carbocycles. The van der Waals surface area contributed by atoms with Gasteiger partial charge >= 0.3 is 5.97 Å². The Bertz CT molecular complexity index is 444. The molecule has 2 atom stereocenters. The van der Waals surface area contributed by atoms with E-state index in [2.05, 4.69) is 17.1 Å². The topological polar surface area (TPSA) is 42.1 Å². The number of esters is 1. The van der Waals surface area contributed by atoms with E-state index in [1.54, 1.807) is 0 Å². The van der Waals surface area contributed by atoms with Gasteiger partial charge in [0.15, 0.2) is 0 Å². The molecule has 0 spiro atoms. The smallest absolute Gasteiger partial charge is 0.354 e. The van der Waals surface area contributed by atoms with Crippen molar-refractivity contribution in [3.8, 4) is 0 Å². The molecule has 1 heterocycles. The van der Waals surface area contributed by atoms with E-state index in [-0.39, 0.29) is 5.97 Å². The fourth-order valence-electron chi connectivity index (χ4n) is 2.75. The number of carbonyl (C=O) groups is 1. The SMILES string of the molecule is COC(=O)c1[nH]cc2c1[C@@H]1C=C[C@H]2CC1. The summed E-state index contributed by atoms with van der Waals surface area (Å²) in [4.78, 5) is 14.6. The molecule has 3 aliphatic rings. The molecule has 0 unspecified atom stereocenters. The molecule has 0 radical (unpaired) electrons. The fourth-order valence-corrected chi connectivity index (χ4v) is 2.75. The number of nitrogens with one attached hydrogen (secondary N) is 1. The van der Waals surface area contributed by atoms with E-state index in [1.165, 1.54) is 24.7 Å². The van der Waals surface area contributed by atoms with Gasteiger partial charge in [-0.3, -0.25) is 0 Å². The maximum absolute atomic E-state index is 11.5. The zero-order valence-electron chi connectivity index (χ0n) is 8.62. The Hall–Kier alpha value is -1.51. The standard InChI is InChI=1S/C12H13NO2/c1-15-12(14)11-10-8-4-2-7(3-5-8)9(10)6-13-11/h2,4,6-8,13H,3,5H2,1H3/t7-,8+/m0/s1. The molecular weight excluding hydrogens is 190 g/mol. The summed E-state index contributed by atoms with van der Waals surface area (Å²) >= 11 is 0. The van der Waals surface area contributed by atoms with E-state index >= 15 is 0 Å². The maximum atomic E-state index is 11.5. The predicted molar refractivity (Wildman–Crippen MR) is 56.0 cm³/mol. The fraction of sp³-hybridized carbons (Fsp3) is 0.417. The van der Waals surface area contributed by atoms with Crippen molar-refractivity contribution in [3.05, 3.63) is 35.2 Å². The van der Waals surface area contributed by atoms with Gasteiger partial charge in [-0.15, -0.1) is 0 Å². The highest BCUT2D eigenvalue weighted by atomic mass is 16.5. The lowest BCUT2D eigenvalue weighted by atomic mass is 9.72. The third-order valence-corrected chi connectivity index (χ3v) is 3.48. The largest absolute Gasteiger partial charge is 0.464 e. The molecule has 78 valence electrons. The molecule has 0 fully saturated rings. The van der Waals surface area contributed by atoms with Gasteiger partial charge in [0.1, 0.15) is 5.69 Å². The highest BCUT2D eigenvalue weighted by Gasteiger charge is 2.33. The van der Waals surface area contributed by atoms with E-state index in [9.17, 15) is 4.79 Å². The van der Waals surface area contributed by atoms with Gasteiger partial charge in [-0.05, 0) is 24.0 Å². The normalized spacial score (nSPS) is 26.5. The van der Waals surface area contributed by atoms with Gasteiger partial charge in [0.2, 0.25) is 0 Å². The van der Waals surface area contributed by atoms with Gasteiger partial charge in [-0.25, -0.2) is 4.79 Å². The Kier molecular flexibility index (Phi) is 1.75. The molecule has 2 bridgehead atoms. The van der Waals surface area contributed by atoms with Crippen molar-refractivity contribution >= 4 is 5.97 Å². The number of fused-ring (bicyclic) bond motifs is 1. The minimum atomic E-state index is -0.253. The van der Waals surface area contributed by atoms with Crippen LogP contribution in [-0.2, 0) is 4.74 Å². The molecule has 3 heteroatoms. The van der Waals surface area contributed by atoms with Crippen LogP contribution in [0.25, 0.3) is 0 Å². The monoisotopic (exact) mass is 203 g/mol. The minimum Gasteiger partial charge on any atom is -0.464 e. The second kappa shape index (κ2) is 2.99. The third-order valence-electron chi connectivity index (χ3n) is 3.48. The second-order valence-corrected chi connectivity index (χ2v) is 4.20. The first kappa shape index (κ1) is 8.77. The lowest BCUT2D eigenvalue weighted by Crippen LogP contribution is -2.18. The number of hydrogen-bond acceptors (Lipinski definition) is 2. The number of rotatable bonds is 1. The van der Waals surface area contributed by atoms with Crippen LogP contribution in [0.15, 0.2) is 18.3 Å². The summed E-state index contributed by atoms with van der Waals surface area (Å²) in [5, 5.41) is 0. The Labute approximate surface area is 88.1 Å². The lowest BCUT2D eigenvalue weighted by Gasteiger charge is -2.31. The summed E-state index contributed by atoms with van der Waals surface area (Å²) < 4.78 is 4.77. The summed E-state index contributed by atoms with van der Waals surface area (Å²) in [5.41, 5.74) is 3.10. The molecule has 3 nitrogen and oxygen atoms in total.